The molecule has 17 heavy (non-hydrogen) atoms. The number of aromatic nitrogens is 1. The largest absolute Gasteiger partial charge is 0.481 e. The van der Waals surface area contributed by atoms with E-state index >= 15 is 0 Å². The lowest BCUT2D eigenvalue weighted by molar-refractivity contribution is -0.126. The van der Waals surface area contributed by atoms with E-state index in [9.17, 15) is 4.79 Å². The molecule has 0 radical (unpaired) electrons. The number of nitrogens with two attached hydrogens (primary N) is 1. The highest BCUT2D eigenvalue weighted by Gasteiger charge is 2.25. The molecule has 0 spiro atoms. The van der Waals surface area contributed by atoms with Crippen LogP contribution in [0.4, 0.5) is 0 Å². The van der Waals surface area contributed by atoms with Crippen LogP contribution in [0.15, 0.2) is 18.3 Å². The van der Waals surface area contributed by atoms with Gasteiger partial charge in [-0.1, -0.05) is 13.0 Å². The summed E-state index contributed by atoms with van der Waals surface area (Å²) >= 11 is 0. The van der Waals surface area contributed by atoms with Crippen LogP contribution in [-0.4, -0.2) is 23.5 Å². The molecule has 1 aromatic rings. The van der Waals surface area contributed by atoms with Gasteiger partial charge < -0.3 is 15.8 Å². The summed E-state index contributed by atoms with van der Waals surface area (Å²) in [5.41, 5.74) is 5.91. The van der Waals surface area contributed by atoms with Gasteiger partial charge in [0.1, 0.15) is 0 Å². The molecule has 0 saturated carbocycles. The van der Waals surface area contributed by atoms with Gasteiger partial charge in [0, 0.05) is 18.8 Å². The van der Waals surface area contributed by atoms with Crippen molar-refractivity contribution in [2.45, 2.75) is 32.4 Å². The Balaban J connectivity index is 2.53. The molecule has 94 valence electrons. The van der Waals surface area contributed by atoms with E-state index in [4.69, 9.17) is 10.5 Å². The van der Waals surface area contributed by atoms with Crippen molar-refractivity contribution in [1.82, 2.24) is 10.3 Å². The van der Waals surface area contributed by atoms with Gasteiger partial charge in [0.15, 0.2) is 0 Å². The van der Waals surface area contributed by atoms with Crippen molar-refractivity contribution < 1.29 is 9.53 Å². The molecule has 0 aromatic carbocycles. The van der Waals surface area contributed by atoms with Crippen LogP contribution in [0.5, 0.6) is 5.88 Å². The summed E-state index contributed by atoms with van der Waals surface area (Å²) in [5.74, 6) is 0.396. The Kier molecular flexibility index (Phi) is 4.45. The number of nitrogens with zero attached hydrogens (tertiary/aromatic N) is 1. The molecule has 3 N–H and O–H groups in total. The Morgan fingerprint density at radius 1 is 1.59 bits per heavy atom. The number of hydrogen-bond donors (Lipinski definition) is 2. The predicted octanol–water partition coefficient (Wildman–Crippen LogP) is 0.834. The van der Waals surface area contributed by atoms with E-state index < -0.39 is 5.54 Å². The fraction of sp³-hybridized carbons (Fsp3) is 0.500. The lowest BCUT2D eigenvalue weighted by Crippen LogP contribution is -2.50. The fourth-order valence-corrected chi connectivity index (χ4v) is 1.18. The molecule has 1 aromatic heterocycles. The van der Waals surface area contributed by atoms with Crippen molar-refractivity contribution in [2.75, 3.05) is 7.11 Å². The van der Waals surface area contributed by atoms with E-state index in [2.05, 4.69) is 10.3 Å². The predicted molar refractivity (Wildman–Crippen MR) is 65.5 cm³/mol. The van der Waals surface area contributed by atoms with E-state index in [1.54, 1.807) is 26.3 Å². The summed E-state index contributed by atoms with van der Waals surface area (Å²) in [5, 5.41) is 2.78. The quantitative estimate of drug-likeness (QED) is 0.795. The van der Waals surface area contributed by atoms with E-state index in [1.807, 2.05) is 13.0 Å². The van der Waals surface area contributed by atoms with Crippen molar-refractivity contribution in [3.8, 4) is 5.88 Å². The molecule has 1 heterocycles. The molecular formula is C12H19N3O2. The van der Waals surface area contributed by atoms with E-state index in [-0.39, 0.29) is 5.91 Å². The third-order valence-electron chi connectivity index (χ3n) is 2.71. The number of amides is 1. The lowest BCUT2D eigenvalue weighted by Gasteiger charge is -2.21. The zero-order valence-electron chi connectivity index (χ0n) is 10.5. The Morgan fingerprint density at radius 3 is 2.76 bits per heavy atom. The number of carbonyl (C=O) groups is 1. The first kappa shape index (κ1) is 13.4. The second-order valence-electron chi connectivity index (χ2n) is 4.16. The Hall–Kier alpha value is -1.62. The van der Waals surface area contributed by atoms with Crippen LogP contribution in [0.2, 0.25) is 0 Å². The van der Waals surface area contributed by atoms with Crippen molar-refractivity contribution in [2.24, 2.45) is 5.73 Å². The smallest absolute Gasteiger partial charge is 0.240 e. The van der Waals surface area contributed by atoms with Crippen molar-refractivity contribution in [1.29, 1.82) is 0 Å². The van der Waals surface area contributed by atoms with Crippen LogP contribution >= 0.6 is 0 Å². The summed E-state index contributed by atoms with van der Waals surface area (Å²) < 4.78 is 4.95. The molecule has 0 aliphatic rings. The van der Waals surface area contributed by atoms with Crippen LogP contribution in [0.1, 0.15) is 25.8 Å². The average molecular weight is 237 g/mol. The average Bonchev–Trinajstić information content (AvgIpc) is 2.36. The second kappa shape index (κ2) is 5.63. The molecule has 5 heteroatoms. The first-order valence-corrected chi connectivity index (χ1v) is 5.55. The highest BCUT2D eigenvalue weighted by Crippen LogP contribution is 2.08. The Morgan fingerprint density at radius 2 is 2.29 bits per heavy atom. The van der Waals surface area contributed by atoms with E-state index in [1.165, 1.54) is 0 Å². The highest BCUT2D eigenvalue weighted by atomic mass is 16.5. The standard InChI is InChI=1S/C12H19N3O2/c1-4-12(2,13)11(16)15-8-9-5-6-10(17-3)14-7-9/h5-7H,4,8,13H2,1-3H3,(H,15,16). The number of methoxy groups -OCH3 is 1. The highest BCUT2D eigenvalue weighted by molar-refractivity contribution is 5.85. The lowest BCUT2D eigenvalue weighted by atomic mass is 9.99. The molecule has 0 aliphatic heterocycles. The molecular weight excluding hydrogens is 218 g/mol. The van der Waals surface area contributed by atoms with Crippen LogP contribution in [-0.2, 0) is 11.3 Å². The number of hydrogen-bond acceptors (Lipinski definition) is 4. The topological polar surface area (TPSA) is 77.2 Å². The molecule has 1 unspecified atom stereocenters. The maximum Gasteiger partial charge on any atom is 0.240 e. The summed E-state index contributed by atoms with van der Waals surface area (Å²) in [6, 6.07) is 3.61. The molecule has 0 fully saturated rings. The third kappa shape index (κ3) is 3.71. The number of carbonyl (C=O) groups excluding carboxylic acids is 1. The molecule has 5 nitrogen and oxygen atoms in total. The van der Waals surface area contributed by atoms with Gasteiger partial charge in [-0.3, -0.25) is 4.79 Å². The van der Waals surface area contributed by atoms with Crippen LogP contribution < -0.4 is 15.8 Å². The molecule has 0 aliphatic carbocycles. The number of rotatable bonds is 5. The number of ether oxygens (including phenoxy) is 1. The van der Waals surface area contributed by atoms with E-state index in [0.29, 0.717) is 18.8 Å². The fourth-order valence-electron chi connectivity index (χ4n) is 1.18. The van der Waals surface area contributed by atoms with Crippen molar-refractivity contribution in [3.63, 3.8) is 0 Å². The normalized spacial score (nSPS) is 13.9. The van der Waals surface area contributed by atoms with Crippen LogP contribution in [0.25, 0.3) is 0 Å². The van der Waals surface area contributed by atoms with Crippen molar-refractivity contribution >= 4 is 5.91 Å². The molecule has 0 bridgehead atoms. The summed E-state index contributed by atoms with van der Waals surface area (Å²) in [7, 11) is 1.56. The van der Waals surface area contributed by atoms with Gasteiger partial charge in [-0.05, 0) is 18.9 Å². The Labute approximate surface area is 101 Å². The minimum absolute atomic E-state index is 0.157. The maximum absolute atomic E-state index is 11.7. The van der Waals surface area contributed by atoms with Gasteiger partial charge in [-0.25, -0.2) is 4.98 Å². The van der Waals surface area contributed by atoms with Gasteiger partial charge in [0.2, 0.25) is 11.8 Å². The van der Waals surface area contributed by atoms with Crippen LogP contribution in [0.3, 0.4) is 0 Å². The molecule has 1 rings (SSSR count). The first-order chi connectivity index (χ1) is 7.99. The Bertz CT molecular complexity index is 374. The summed E-state index contributed by atoms with van der Waals surface area (Å²) in [6.45, 7) is 4.02. The molecule has 1 amide bonds. The first-order valence-electron chi connectivity index (χ1n) is 5.55. The van der Waals surface area contributed by atoms with Gasteiger partial charge in [-0.2, -0.15) is 0 Å². The number of pyridine rings is 1. The third-order valence-corrected chi connectivity index (χ3v) is 2.71. The van der Waals surface area contributed by atoms with E-state index in [0.717, 1.165) is 5.56 Å². The summed E-state index contributed by atoms with van der Waals surface area (Å²) in [6.07, 6.45) is 2.26. The van der Waals surface area contributed by atoms with Crippen LogP contribution in [0, 0.1) is 0 Å². The zero-order valence-corrected chi connectivity index (χ0v) is 10.5. The van der Waals surface area contributed by atoms with Crippen molar-refractivity contribution in [3.05, 3.63) is 23.9 Å². The monoisotopic (exact) mass is 237 g/mol. The van der Waals surface area contributed by atoms with Gasteiger partial charge >= 0.3 is 0 Å². The SMILES string of the molecule is CCC(C)(N)C(=O)NCc1ccc(OC)nc1. The number of nitrogens with one attached hydrogen (secondary N) is 1. The molecule has 1 atom stereocenters. The maximum atomic E-state index is 11.7. The minimum Gasteiger partial charge on any atom is -0.481 e. The molecule has 0 saturated heterocycles. The zero-order chi connectivity index (χ0) is 12.9. The minimum atomic E-state index is -0.820. The summed E-state index contributed by atoms with van der Waals surface area (Å²) in [4.78, 5) is 15.8. The second-order valence-corrected chi connectivity index (χ2v) is 4.16. The van der Waals surface area contributed by atoms with Gasteiger partial charge in [-0.15, -0.1) is 0 Å². The van der Waals surface area contributed by atoms with Gasteiger partial charge in [0.25, 0.3) is 0 Å². The van der Waals surface area contributed by atoms with Gasteiger partial charge in [0.05, 0.1) is 12.6 Å².